The summed E-state index contributed by atoms with van der Waals surface area (Å²) in [6.07, 6.45) is 3.40. The lowest BCUT2D eigenvalue weighted by molar-refractivity contribution is -0.133. The van der Waals surface area contributed by atoms with Gasteiger partial charge in [-0.1, -0.05) is 0 Å². The third-order valence-corrected chi connectivity index (χ3v) is 6.12. The van der Waals surface area contributed by atoms with Gasteiger partial charge in [0.15, 0.2) is 0 Å². The minimum absolute atomic E-state index is 0.0992. The van der Waals surface area contributed by atoms with Crippen molar-refractivity contribution in [3.8, 4) is 5.69 Å². The third kappa shape index (κ3) is 5.18. The molecule has 11 heteroatoms. The fourth-order valence-corrected chi connectivity index (χ4v) is 4.48. The van der Waals surface area contributed by atoms with Crippen LogP contribution in [0.1, 0.15) is 20.8 Å². The second-order valence-electron chi connectivity index (χ2n) is 8.70. The highest BCUT2D eigenvalue weighted by atomic mass is 16.2. The molecule has 2 aromatic heterocycles. The number of rotatable bonds is 5. The molecule has 1 aliphatic rings. The number of carbonyl (C=O) groups is 2. The Bertz CT molecular complexity index is 1180. The zero-order chi connectivity index (χ0) is 25.1. The van der Waals surface area contributed by atoms with Gasteiger partial charge in [-0.25, -0.2) is 14.5 Å². The van der Waals surface area contributed by atoms with Crippen molar-refractivity contribution in [2.45, 2.75) is 32.9 Å². The van der Waals surface area contributed by atoms with Gasteiger partial charge in [0.05, 0.1) is 5.69 Å². The highest BCUT2D eigenvalue weighted by Gasteiger charge is 2.31. The van der Waals surface area contributed by atoms with E-state index in [9.17, 15) is 9.59 Å². The van der Waals surface area contributed by atoms with Crippen LogP contribution in [0.25, 0.3) is 5.69 Å². The molecule has 11 nitrogen and oxygen atoms in total. The standard InChI is InChI=1S/C24H31N9O2/c1-16-13-31(14-17(2)33(16)18(3)34)22-12-21(10-11-26-22)32-15-27-23(29-32)28-19-6-8-20(9-7-19)30(5)24(35)25-4/h6-12,15-17H,13-14H2,1-5H3,(H,25,35)(H,28,29)/t16-,17+. The number of hydrogen-bond donors (Lipinski definition) is 2. The van der Waals surface area contributed by atoms with Crippen molar-refractivity contribution >= 4 is 35.1 Å². The highest BCUT2D eigenvalue weighted by Crippen LogP contribution is 2.23. The number of amides is 3. The number of nitrogens with one attached hydrogen (secondary N) is 2. The van der Waals surface area contributed by atoms with Crippen LogP contribution in [0.5, 0.6) is 0 Å². The monoisotopic (exact) mass is 477 g/mol. The molecule has 1 aromatic carbocycles. The summed E-state index contributed by atoms with van der Waals surface area (Å²) in [5.74, 6) is 1.39. The van der Waals surface area contributed by atoms with Gasteiger partial charge in [0.25, 0.3) is 0 Å². The van der Waals surface area contributed by atoms with E-state index >= 15 is 0 Å². The molecular formula is C24H31N9O2. The summed E-state index contributed by atoms with van der Waals surface area (Å²) in [6.45, 7) is 7.18. The van der Waals surface area contributed by atoms with E-state index in [1.54, 1.807) is 38.2 Å². The summed E-state index contributed by atoms with van der Waals surface area (Å²) >= 11 is 0. The number of nitrogens with zero attached hydrogens (tertiary/aromatic N) is 7. The van der Waals surface area contributed by atoms with Gasteiger partial charge >= 0.3 is 6.03 Å². The van der Waals surface area contributed by atoms with E-state index in [1.165, 1.54) is 4.90 Å². The maximum Gasteiger partial charge on any atom is 0.321 e. The number of urea groups is 1. The lowest BCUT2D eigenvalue weighted by Crippen LogP contribution is -2.58. The summed E-state index contributed by atoms with van der Waals surface area (Å²) in [5, 5.41) is 10.3. The number of carbonyl (C=O) groups excluding carboxylic acids is 2. The Balaban J connectivity index is 1.45. The van der Waals surface area contributed by atoms with E-state index in [-0.39, 0.29) is 24.0 Å². The molecule has 184 valence electrons. The topological polar surface area (TPSA) is 112 Å². The first-order chi connectivity index (χ1) is 16.8. The molecule has 0 radical (unpaired) electrons. The summed E-state index contributed by atoms with van der Waals surface area (Å²) in [7, 11) is 3.30. The van der Waals surface area contributed by atoms with Crippen LogP contribution in [0.3, 0.4) is 0 Å². The molecule has 2 N–H and O–H groups in total. The zero-order valence-corrected chi connectivity index (χ0v) is 20.6. The molecule has 2 atom stereocenters. The summed E-state index contributed by atoms with van der Waals surface area (Å²) in [4.78, 5) is 38.3. The summed E-state index contributed by atoms with van der Waals surface area (Å²) in [6, 6.07) is 11.3. The molecule has 3 aromatic rings. The SMILES string of the molecule is CNC(=O)N(C)c1ccc(Nc2ncn(-c3ccnc(N4C[C@@H](C)N(C(C)=O)[C@@H](C)C4)c3)n2)cc1. The Kier molecular flexibility index (Phi) is 6.85. The summed E-state index contributed by atoms with van der Waals surface area (Å²) in [5.41, 5.74) is 2.41. The third-order valence-electron chi connectivity index (χ3n) is 6.12. The smallest absolute Gasteiger partial charge is 0.321 e. The molecule has 3 heterocycles. The van der Waals surface area contributed by atoms with Gasteiger partial charge in [-0.15, -0.1) is 5.10 Å². The van der Waals surface area contributed by atoms with Gasteiger partial charge in [0, 0.05) is 69.8 Å². The van der Waals surface area contributed by atoms with Crippen LogP contribution in [0, 0.1) is 0 Å². The number of pyridine rings is 1. The maximum atomic E-state index is 12.0. The molecule has 0 bridgehead atoms. The van der Waals surface area contributed by atoms with Crippen LogP contribution in [0.15, 0.2) is 48.9 Å². The molecule has 1 fully saturated rings. The van der Waals surface area contributed by atoms with Crippen molar-refractivity contribution in [2.24, 2.45) is 0 Å². The van der Waals surface area contributed by atoms with Crippen molar-refractivity contribution in [3.63, 3.8) is 0 Å². The Morgan fingerprint density at radius 2 is 1.74 bits per heavy atom. The van der Waals surface area contributed by atoms with Crippen molar-refractivity contribution in [2.75, 3.05) is 42.3 Å². The number of hydrogen-bond acceptors (Lipinski definition) is 7. The Labute approximate surface area is 204 Å². The van der Waals surface area contributed by atoms with Crippen LogP contribution in [0.4, 0.5) is 27.9 Å². The van der Waals surface area contributed by atoms with Gasteiger partial charge < -0.3 is 20.4 Å². The average molecular weight is 478 g/mol. The van der Waals surface area contributed by atoms with Crippen LogP contribution in [-0.2, 0) is 4.79 Å². The second-order valence-corrected chi connectivity index (χ2v) is 8.70. The van der Waals surface area contributed by atoms with Gasteiger partial charge in [0.1, 0.15) is 12.1 Å². The highest BCUT2D eigenvalue weighted by molar-refractivity contribution is 5.91. The van der Waals surface area contributed by atoms with Crippen LogP contribution in [-0.4, -0.2) is 75.9 Å². The van der Waals surface area contributed by atoms with Crippen molar-refractivity contribution in [3.05, 3.63) is 48.9 Å². The largest absolute Gasteiger partial charge is 0.352 e. The Morgan fingerprint density at radius 1 is 1.06 bits per heavy atom. The lowest BCUT2D eigenvalue weighted by Gasteiger charge is -2.44. The molecule has 0 spiro atoms. The normalized spacial score (nSPS) is 17.7. The Morgan fingerprint density at radius 3 is 2.37 bits per heavy atom. The summed E-state index contributed by atoms with van der Waals surface area (Å²) < 4.78 is 1.69. The molecule has 0 saturated carbocycles. The quantitative estimate of drug-likeness (QED) is 0.581. The molecule has 1 saturated heterocycles. The number of aromatic nitrogens is 4. The second kappa shape index (κ2) is 10.00. The molecule has 35 heavy (non-hydrogen) atoms. The van der Waals surface area contributed by atoms with E-state index in [0.717, 1.165) is 36.0 Å². The van der Waals surface area contributed by atoms with Crippen LogP contribution >= 0.6 is 0 Å². The molecule has 0 aliphatic carbocycles. The first-order valence-corrected chi connectivity index (χ1v) is 11.5. The van der Waals surface area contributed by atoms with Gasteiger partial charge in [-0.05, 0) is 44.2 Å². The van der Waals surface area contributed by atoms with Gasteiger partial charge in [0.2, 0.25) is 11.9 Å². The van der Waals surface area contributed by atoms with Crippen molar-refractivity contribution in [1.29, 1.82) is 0 Å². The fourth-order valence-electron chi connectivity index (χ4n) is 4.48. The number of benzene rings is 1. The first-order valence-electron chi connectivity index (χ1n) is 11.5. The van der Waals surface area contributed by atoms with E-state index in [4.69, 9.17) is 0 Å². The predicted molar refractivity (Wildman–Crippen MR) is 135 cm³/mol. The number of piperazine rings is 1. The maximum absolute atomic E-state index is 12.0. The van der Waals surface area contributed by atoms with E-state index in [1.807, 2.05) is 41.3 Å². The molecule has 4 rings (SSSR count). The van der Waals surface area contributed by atoms with E-state index in [2.05, 4.69) is 44.4 Å². The lowest BCUT2D eigenvalue weighted by atomic mass is 10.1. The average Bonchev–Trinajstić information content (AvgIpc) is 3.31. The van der Waals surface area contributed by atoms with E-state index < -0.39 is 0 Å². The van der Waals surface area contributed by atoms with Gasteiger partial charge in [-0.3, -0.25) is 9.69 Å². The van der Waals surface area contributed by atoms with Crippen LogP contribution < -0.4 is 20.4 Å². The Hall–Kier alpha value is -4.15. The fraction of sp³-hybridized carbons (Fsp3) is 0.375. The molecule has 3 amide bonds. The predicted octanol–water partition coefficient (Wildman–Crippen LogP) is 2.63. The molecule has 0 unspecified atom stereocenters. The van der Waals surface area contributed by atoms with Crippen molar-refractivity contribution in [1.82, 2.24) is 30.0 Å². The van der Waals surface area contributed by atoms with E-state index in [0.29, 0.717) is 5.95 Å². The molecular weight excluding hydrogens is 446 g/mol. The number of anilines is 4. The minimum atomic E-state index is -0.188. The molecule has 1 aliphatic heterocycles. The van der Waals surface area contributed by atoms with Gasteiger partial charge in [-0.2, -0.15) is 4.98 Å². The zero-order valence-electron chi connectivity index (χ0n) is 20.6. The first kappa shape index (κ1) is 24.0. The van der Waals surface area contributed by atoms with Crippen LogP contribution in [0.2, 0.25) is 0 Å². The van der Waals surface area contributed by atoms with Crippen molar-refractivity contribution < 1.29 is 9.59 Å². The minimum Gasteiger partial charge on any atom is -0.352 e.